The average Bonchev–Trinajstić information content (AvgIpc) is 2.31. The van der Waals surface area contributed by atoms with Crippen LogP contribution < -0.4 is 16.0 Å². The first kappa shape index (κ1) is 17.0. The van der Waals surface area contributed by atoms with Gasteiger partial charge >= 0.3 is 6.03 Å². The zero-order chi connectivity index (χ0) is 16.2. The van der Waals surface area contributed by atoms with Crippen LogP contribution in [0.15, 0.2) is 18.2 Å². The molecule has 5 nitrogen and oxygen atoms in total. The monoisotopic (exact) mass is 291 g/mol. The number of hydrogen-bond donors (Lipinski definition) is 3. The fourth-order valence-corrected chi connectivity index (χ4v) is 1.74. The molecule has 0 radical (unpaired) electrons. The topological polar surface area (TPSA) is 70.2 Å². The van der Waals surface area contributed by atoms with E-state index < -0.39 is 12.1 Å². The molecule has 1 atom stereocenters. The summed E-state index contributed by atoms with van der Waals surface area (Å²) in [6.07, 6.45) is 0. The molecule has 1 aromatic carbocycles. The Balaban J connectivity index is 2.58. The first-order valence-corrected chi connectivity index (χ1v) is 7.05. The maximum atomic E-state index is 12.0. The zero-order valence-electron chi connectivity index (χ0n) is 13.6. The van der Waals surface area contributed by atoms with E-state index >= 15 is 0 Å². The van der Waals surface area contributed by atoms with Crippen molar-refractivity contribution in [2.24, 2.45) is 0 Å². The molecule has 0 aliphatic heterocycles. The van der Waals surface area contributed by atoms with E-state index in [9.17, 15) is 9.59 Å². The summed E-state index contributed by atoms with van der Waals surface area (Å²) < 4.78 is 0. The third kappa shape index (κ3) is 5.85. The number of nitrogens with one attached hydrogen (secondary N) is 3. The van der Waals surface area contributed by atoms with Gasteiger partial charge in [0, 0.05) is 11.2 Å². The van der Waals surface area contributed by atoms with E-state index in [0.29, 0.717) is 0 Å². The Morgan fingerprint density at radius 3 is 2.24 bits per heavy atom. The van der Waals surface area contributed by atoms with Crippen molar-refractivity contribution in [3.8, 4) is 0 Å². The summed E-state index contributed by atoms with van der Waals surface area (Å²) in [6, 6.07) is 4.91. The quantitative estimate of drug-likeness (QED) is 0.802. The summed E-state index contributed by atoms with van der Waals surface area (Å²) in [4.78, 5) is 23.6. The Hall–Kier alpha value is -2.04. The van der Waals surface area contributed by atoms with Crippen molar-refractivity contribution in [2.45, 2.75) is 53.1 Å². The molecule has 21 heavy (non-hydrogen) atoms. The van der Waals surface area contributed by atoms with E-state index in [1.807, 2.05) is 52.8 Å². The lowest BCUT2D eigenvalue weighted by Crippen LogP contribution is -2.51. The van der Waals surface area contributed by atoms with Crippen molar-refractivity contribution in [1.82, 2.24) is 10.6 Å². The molecule has 0 fully saturated rings. The summed E-state index contributed by atoms with van der Waals surface area (Å²) in [7, 11) is 0. The van der Waals surface area contributed by atoms with Crippen molar-refractivity contribution in [1.29, 1.82) is 0 Å². The second kappa shape index (κ2) is 6.61. The molecular formula is C16H25N3O2. The number of carbonyl (C=O) groups is 2. The van der Waals surface area contributed by atoms with Gasteiger partial charge in [-0.05, 0) is 64.8 Å². The zero-order valence-corrected chi connectivity index (χ0v) is 13.6. The SMILES string of the molecule is Cc1ccc(NC(C)C(=O)NC(=O)NC(C)(C)C)cc1C. The summed E-state index contributed by atoms with van der Waals surface area (Å²) in [5.74, 6) is -0.366. The van der Waals surface area contributed by atoms with Crippen LogP contribution in [0, 0.1) is 13.8 Å². The molecule has 0 saturated carbocycles. The molecule has 0 saturated heterocycles. The molecule has 116 valence electrons. The van der Waals surface area contributed by atoms with E-state index in [1.54, 1.807) is 6.92 Å². The van der Waals surface area contributed by atoms with E-state index in [-0.39, 0.29) is 11.4 Å². The van der Waals surface area contributed by atoms with Crippen LogP contribution in [0.2, 0.25) is 0 Å². The first-order chi connectivity index (χ1) is 9.58. The maximum Gasteiger partial charge on any atom is 0.321 e. The van der Waals surface area contributed by atoms with E-state index in [0.717, 1.165) is 11.3 Å². The van der Waals surface area contributed by atoms with Gasteiger partial charge < -0.3 is 10.6 Å². The highest BCUT2D eigenvalue weighted by molar-refractivity contribution is 5.98. The smallest absolute Gasteiger partial charge is 0.321 e. The Labute approximate surface area is 126 Å². The van der Waals surface area contributed by atoms with Gasteiger partial charge in [-0.1, -0.05) is 6.07 Å². The molecule has 5 heteroatoms. The van der Waals surface area contributed by atoms with Crippen LogP contribution in [0.1, 0.15) is 38.8 Å². The second-order valence-electron chi connectivity index (χ2n) is 6.36. The van der Waals surface area contributed by atoms with Crippen molar-refractivity contribution in [3.63, 3.8) is 0 Å². The minimum absolute atomic E-state index is 0.366. The fraction of sp³-hybridized carbons (Fsp3) is 0.500. The molecule has 0 aliphatic rings. The van der Waals surface area contributed by atoms with Gasteiger partial charge in [-0.15, -0.1) is 0 Å². The third-order valence-corrected chi connectivity index (χ3v) is 3.01. The van der Waals surface area contributed by atoms with Crippen LogP contribution in [0.3, 0.4) is 0 Å². The fourth-order valence-electron chi connectivity index (χ4n) is 1.74. The molecular weight excluding hydrogens is 266 g/mol. The van der Waals surface area contributed by atoms with Gasteiger partial charge in [-0.3, -0.25) is 10.1 Å². The van der Waals surface area contributed by atoms with Crippen molar-refractivity contribution in [2.75, 3.05) is 5.32 Å². The lowest BCUT2D eigenvalue weighted by atomic mass is 10.1. The minimum atomic E-state index is -0.502. The van der Waals surface area contributed by atoms with Gasteiger partial charge in [0.05, 0.1) is 0 Å². The molecule has 0 aromatic heterocycles. The largest absolute Gasteiger partial charge is 0.374 e. The summed E-state index contributed by atoms with van der Waals surface area (Å²) in [6.45, 7) is 11.3. The van der Waals surface area contributed by atoms with Crippen LogP contribution in [0.25, 0.3) is 0 Å². The Kier molecular flexibility index (Phi) is 5.35. The van der Waals surface area contributed by atoms with Gasteiger partial charge in [0.25, 0.3) is 0 Å². The van der Waals surface area contributed by atoms with Gasteiger partial charge in [-0.25, -0.2) is 4.79 Å². The number of rotatable bonds is 3. The minimum Gasteiger partial charge on any atom is -0.374 e. The lowest BCUT2D eigenvalue weighted by molar-refractivity contribution is -0.120. The third-order valence-electron chi connectivity index (χ3n) is 3.01. The first-order valence-electron chi connectivity index (χ1n) is 7.05. The number of benzene rings is 1. The number of anilines is 1. The molecule has 3 amide bonds. The molecule has 1 unspecified atom stereocenters. The van der Waals surface area contributed by atoms with E-state index in [1.165, 1.54) is 5.56 Å². The normalized spacial score (nSPS) is 12.5. The van der Waals surface area contributed by atoms with Crippen molar-refractivity contribution in [3.05, 3.63) is 29.3 Å². The van der Waals surface area contributed by atoms with Crippen LogP contribution in [0.4, 0.5) is 10.5 Å². The predicted molar refractivity (Wildman–Crippen MR) is 85.4 cm³/mol. The summed E-state index contributed by atoms with van der Waals surface area (Å²) >= 11 is 0. The van der Waals surface area contributed by atoms with E-state index in [2.05, 4.69) is 16.0 Å². The molecule has 0 aliphatic carbocycles. The highest BCUT2D eigenvalue weighted by atomic mass is 16.2. The Morgan fingerprint density at radius 2 is 1.71 bits per heavy atom. The van der Waals surface area contributed by atoms with Gasteiger partial charge in [0.1, 0.15) is 6.04 Å². The standard InChI is InChI=1S/C16H25N3O2/c1-10-7-8-13(9-11(10)2)17-12(3)14(20)18-15(21)19-16(4,5)6/h7-9,12,17H,1-6H3,(H2,18,19,20,21). The number of carbonyl (C=O) groups excluding carboxylic acids is 2. The number of aryl methyl sites for hydroxylation is 2. The van der Waals surface area contributed by atoms with Crippen LogP contribution in [-0.2, 0) is 4.79 Å². The van der Waals surface area contributed by atoms with Crippen LogP contribution in [-0.4, -0.2) is 23.5 Å². The highest BCUT2D eigenvalue weighted by Gasteiger charge is 2.19. The molecule has 3 N–H and O–H groups in total. The van der Waals surface area contributed by atoms with Crippen LogP contribution >= 0.6 is 0 Å². The van der Waals surface area contributed by atoms with Crippen LogP contribution in [0.5, 0.6) is 0 Å². The highest BCUT2D eigenvalue weighted by Crippen LogP contribution is 2.15. The molecule has 0 bridgehead atoms. The number of imide groups is 1. The predicted octanol–water partition coefficient (Wildman–Crippen LogP) is 2.73. The lowest BCUT2D eigenvalue weighted by Gasteiger charge is -2.21. The maximum absolute atomic E-state index is 12.0. The average molecular weight is 291 g/mol. The second-order valence-corrected chi connectivity index (χ2v) is 6.36. The molecule has 0 spiro atoms. The van der Waals surface area contributed by atoms with Crippen molar-refractivity contribution >= 4 is 17.6 Å². The summed E-state index contributed by atoms with van der Waals surface area (Å²) in [5.41, 5.74) is 2.83. The van der Waals surface area contributed by atoms with E-state index in [4.69, 9.17) is 0 Å². The van der Waals surface area contributed by atoms with Gasteiger partial charge in [0.2, 0.25) is 5.91 Å². The number of urea groups is 1. The van der Waals surface area contributed by atoms with Gasteiger partial charge in [-0.2, -0.15) is 0 Å². The number of hydrogen-bond acceptors (Lipinski definition) is 3. The van der Waals surface area contributed by atoms with Gasteiger partial charge in [0.15, 0.2) is 0 Å². The Bertz CT molecular complexity index is 533. The number of amides is 3. The van der Waals surface area contributed by atoms with Crippen molar-refractivity contribution < 1.29 is 9.59 Å². The molecule has 1 rings (SSSR count). The summed E-state index contributed by atoms with van der Waals surface area (Å²) in [5, 5.41) is 8.10. The molecule has 0 heterocycles. The Morgan fingerprint density at radius 1 is 1.10 bits per heavy atom. The molecule has 1 aromatic rings.